The molecule has 6 N–H and O–H groups in total. The van der Waals surface area contributed by atoms with Gasteiger partial charge in [0.05, 0.1) is 0 Å². The van der Waals surface area contributed by atoms with Crippen molar-refractivity contribution in [1.82, 2.24) is 31.9 Å². The van der Waals surface area contributed by atoms with Crippen molar-refractivity contribution >= 4 is 15.6 Å². The van der Waals surface area contributed by atoms with Gasteiger partial charge in [-0.15, -0.1) is 75.5 Å². The first kappa shape index (κ1) is 49.2. The van der Waals surface area contributed by atoms with Gasteiger partial charge in [-0.05, 0) is 78.5 Å². The molecule has 0 aromatic rings. The molecule has 6 saturated heterocycles. The van der Waals surface area contributed by atoms with Crippen molar-refractivity contribution in [2.24, 2.45) is 0 Å². The van der Waals surface area contributed by atoms with Gasteiger partial charge >= 0.3 is 85.5 Å². The fourth-order valence-electron chi connectivity index (χ4n) is 5.29. The van der Waals surface area contributed by atoms with Gasteiger partial charge in [-0.3, -0.25) is 0 Å². The molecule has 27 heteroatoms. The Balaban J connectivity index is 0.000000325. The van der Waals surface area contributed by atoms with Crippen LogP contribution in [0.4, 0.5) is 50.4 Å². The Kier molecular flexibility index (Phi) is 19.1. The van der Waals surface area contributed by atoms with Crippen LogP contribution in [0.5, 0.6) is 0 Å². The molecule has 0 amide bonds. The van der Waals surface area contributed by atoms with E-state index in [1.54, 1.807) is 0 Å². The average molecular weight is 896 g/mol. The van der Waals surface area contributed by atoms with Gasteiger partial charge in [-0.25, -0.2) is 0 Å². The fourth-order valence-corrected chi connectivity index (χ4v) is 5.29. The number of rotatable bonds is 3. The summed E-state index contributed by atoms with van der Waals surface area (Å²) < 4.78 is 118. The van der Waals surface area contributed by atoms with Crippen LogP contribution in [0, 0.1) is 0 Å². The minimum absolute atomic E-state index is 0. The Morgan fingerprint density at radius 3 is 0.490 bits per heavy atom. The van der Waals surface area contributed by atoms with E-state index in [1.165, 1.54) is 0 Å². The zero-order valence-corrected chi connectivity index (χ0v) is 31.2. The third-order valence-electron chi connectivity index (χ3n) is 7.37. The Bertz CT molecular complexity index is 764. The van der Waals surface area contributed by atoms with Crippen molar-refractivity contribution in [3.63, 3.8) is 0 Å². The topological polar surface area (TPSA) is 157 Å². The minimum Gasteiger partial charge on any atom is 8.00 e. The second-order valence-corrected chi connectivity index (χ2v) is 15.8. The molecule has 6 aliphatic rings. The van der Waals surface area contributed by atoms with Gasteiger partial charge < -0.3 is 63.8 Å². The summed E-state index contributed by atoms with van der Waals surface area (Å²) in [6, 6.07) is 2.54. The van der Waals surface area contributed by atoms with Crippen molar-refractivity contribution in [1.29, 1.82) is 0 Å². The van der Waals surface area contributed by atoms with Crippen LogP contribution < -0.4 is 31.9 Å². The Hall–Kier alpha value is 0.163. The molecule has 6 heterocycles. The number of hydrogen-bond donors (Lipinski definition) is 6. The predicted molar refractivity (Wildman–Crippen MR) is 176 cm³/mol. The van der Waals surface area contributed by atoms with Gasteiger partial charge in [0.2, 0.25) is 0 Å². The summed E-state index contributed by atoms with van der Waals surface area (Å²) >= 11 is 0. The van der Waals surface area contributed by atoms with Crippen LogP contribution >= 0.6 is 15.6 Å². The molecule has 0 saturated carbocycles. The van der Waals surface area contributed by atoms with Crippen LogP contribution in [0.2, 0.25) is 0 Å². The van der Waals surface area contributed by atoms with Crippen molar-refractivity contribution in [3.8, 4) is 0 Å². The van der Waals surface area contributed by atoms with Gasteiger partial charge in [0, 0.05) is 0 Å². The van der Waals surface area contributed by atoms with Gasteiger partial charge in [-0.1, -0.05) is 0 Å². The molecule has 51 heavy (non-hydrogen) atoms. The van der Waals surface area contributed by atoms with Crippen molar-refractivity contribution < 1.29 is 69.8 Å². The number of halogens is 12. The van der Waals surface area contributed by atoms with E-state index >= 15 is 0 Å². The molecule has 12 nitrogen and oxygen atoms in total. The molecule has 6 rings (SSSR count). The molecule has 306 valence electrons. The smallest absolute Gasteiger partial charge is 8.00 e. The van der Waals surface area contributed by atoms with Crippen LogP contribution in [-0.4, -0.2) is 154 Å². The molecule has 0 bridgehead atoms. The maximum Gasteiger partial charge on any atom is 8.00 e. The number of nitrogens with one attached hydrogen (secondary N) is 6. The van der Waals surface area contributed by atoms with E-state index in [9.17, 15) is 50.4 Å². The molecular weight excluding hydrogens is 847 g/mol. The molecule has 0 spiro atoms. The second kappa shape index (κ2) is 19.8. The molecule has 6 atom stereocenters. The molecule has 6 aliphatic heterocycles. The first-order valence-electron chi connectivity index (χ1n) is 16.2. The quantitative estimate of drug-likeness (QED) is 0.120. The zero-order valence-electron chi connectivity index (χ0n) is 27.7. The summed E-state index contributed by atoms with van der Waals surface area (Å²) in [5.74, 6) is 0. The van der Waals surface area contributed by atoms with Crippen molar-refractivity contribution in [2.75, 3.05) is 118 Å². The first-order chi connectivity index (χ1) is 22.8. The Morgan fingerprint density at radius 1 is 0.294 bits per heavy atom. The van der Waals surface area contributed by atoms with E-state index in [0.29, 0.717) is 36.3 Å². The van der Waals surface area contributed by atoms with E-state index < -0.39 is 15.6 Å². The third kappa shape index (κ3) is 32.1. The second-order valence-electron chi connectivity index (χ2n) is 12.0. The zero-order chi connectivity index (χ0) is 37.5. The van der Waals surface area contributed by atoms with Crippen LogP contribution in [0.25, 0.3) is 31.9 Å². The summed E-state index contributed by atoms with van der Waals surface area (Å²) in [6.45, 7) is 18.0. The van der Waals surface area contributed by atoms with E-state index in [2.05, 4.69) is 63.8 Å². The van der Waals surface area contributed by atoms with Crippen LogP contribution in [0.15, 0.2) is 0 Å². The summed E-state index contributed by atoms with van der Waals surface area (Å²) in [4.78, 5) is 0. The minimum atomic E-state index is -10.7. The maximum absolute atomic E-state index is 10.7. The predicted octanol–water partition coefficient (Wildman–Crippen LogP) is 5.79. The van der Waals surface area contributed by atoms with E-state index in [1.807, 2.05) is 0 Å². The summed E-state index contributed by atoms with van der Waals surface area (Å²) in [5.41, 5.74) is 0. The number of piperazine rings is 6. The summed E-state index contributed by atoms with van der Waals surface area (Å²) in [6.07, 6.45) is 0. The van der Waals surface area contributed by atoms with E-state index in [-0.39, 0.29) is 19.5 Å². The molecule has 6 fully saturated rings. The maximum atomic E-state index is 9.87. The van der Waals surface area contributed by atoms with Crippen molar-refractivity contribution in [3.05, 3.63) is 31.9 Å². The largest absolute Gasteiger partial charge is 8.00 e. The molecule has 0 aromatic heterocycles. The SMILES string of the molecule is C1CNCC(C2CNCC[N-]2)[N-]1.C1CNCC(C2CNCC[N-]2)[N-]1.C1CNCC(C2CNCC[N-]2)[N-]1.F[P-](F)(F)(F)(F)F.F[P-](F)(F)(F)(F)F.[Ru+8]. The first-order valence-corrected chi connectivity index (χ1v) is 20.2. The third-order valence-corrected chi connectivity index (χ3v) is 7.37. The summed E-state index contributed by atoms with van der Waals surface area (Å²) in [7, 11) is -21.3. The number of hydrogen-bond acceptors (Lipinski definition) is 6. The standard InChI is InChI=1S/3C8H16N4.2F6P.Ru/c3*1-3-11-7(5-9-1)8-6-10-2-4-12-8;2*1-7(2,3,4,5)6;/h3*7-10H,1-6H2;;;/q3*-2;2*-1;+8. The molecule has 0 radical (unpaired) electrons. The fraction of sp³-hybridized carbons (Fsp3) is 1.00. The molecule has 0 aliphatic carbocycles. The molecule has 6 unspecified atom stereocenters. The Morgan fingerprint density at radius 2 is 0.412 bits per heavy atom. The van der Waals surface area contributed by atoms with Crippen LogP contribution in [-0.2, 0) is 19.5 Å². The average Bonchev–Trinajstić information content (AvgIpc) is 3.05. The van der Waals surface area contributed by atoms with Crippen molar-refractivity contribution in [2.45, 2.75) is 36.3 Å². The molecular formula is C24H48F12N12P2Ru. The van der Waals surface area contributed by atoms with Gasteiger partial charge in [-0.2, -0.15) is 0 Å². The van der Waals surface area contributed by atoms with Crippen LogP contribution in [0.3, 0.4) is 0 Å². The Labute approximate surface area is 303 Å². The monoisotopic (exact) mass is 896 g/mol. The van der Waals surface area contributed by atoms with E-state index in [0.717, 1.165) is 118 Å². The summed E-state index contributed by atoms with van der Waals surface area (Å²) in [5, 5.41) is 47.4. The molecule has 0 aromatic carbocycles. The van der Waals surface area contributed by atoms with Crippen LogP contribution in [0.1, 0.15) is 0 Å². The van der Waals surface area contributed by atoms with Gasteiger partial charge in [0.25, 0.3) is 0 Å². The van der Waals surface area contributed by atoms with Gasteiger partial charge in [0.15, 0.2) is 0 Å². The van der Waals surface area contributed by atoms with E-state index in [4.69, 9.17) is 0 Å². The number of nitrogens with zero attached hydrogens (tertiary/aromatic N) is 6. The van der Waals surface area contributed by atoms with Gasteiger partial charge in [0.1, 0.15) is 0 Å². The normalized spacial score (nSPS) is 33.2.